The number of fused-ring (bicyclic) bond motifs is 2. The second-order valence-corrected chi connectivity index (χ2v) is 4.35. The van der Waals surface area contributed by atoms with Crippen LogP contribution in [0.15, 0.2) is 24.3 Å². The largest absolute Gasteiger partial charge is 0.0842 e. The first kappa shape index (κ1) is 4.38. The van der Waals surface area contributed by atoms with Crippen molar-refractivity contribution < 1.29 is 0 Å². The maximum atomic E-state index is 2.51. The lowest BCUT2D eigenvalue weighted by Crippen LogP contribution is -2.04. The van der Waals surface area contributed by atoms with Gasteiger partial charge in [-0.05, 0) is 35.5 Å². The Kier molecular flexibility index (Phi) is 0.411. The van der Waals surface area contributed by atoms with Crippen LogP contribution in [0.4, 0.5) is 0 Å². The molecule has 0 aromatic carbocycles. The minimum Gasteiger partial charge on any atom is -0.0842 e. The third kappa shape index (κ3) is 0.224. The quantitative estimate of drug-likeness (QED) is 0.440. The summed E-state index contributed by atoms with van der Waals surface area (Å²) in [7, 11) is 0. The number of hydrogen-bond acceptors (Lipinski definition) is 0. The lowest BCUT2D eigenvalue weighted by Gasteiger charge is -2.10. The van der Waals surface area contributed by atoms with Gasteiger partial charge in [0, 0.05) is 0 Å². The van der Waals surface area contributed by atoms with Crippen LogP contribution in [0.1, 0.15) is 6.42 Å². The molecule has 5 unspecified atom stereocenters. The molecule has 4 rings (SSSR count). The molecule has 5 atom stereocenters. The Morgan fingerprint density at radius 2 is 2.20 bits per heavy atom. The van der Waals surface area contributed by atoms with Gasteiger partial charge in [-0.1, -0.05) is 24.3 Å². The van der Waals surface area contributed by atoms with Gasteiger partial charge in [0.05, 0.1) is 0 Å². The highest BCUT2D eigenvalue weighted by Gasteiger charge is 2.73. The fraction of sp³-hybridized carbons (Fsp3) is 0.600. The van der Waals surface area contributed by atoms with Crippen LogP contribution in [-0.2, 0) is 0 Å². The third-order valence-corrected chi connectivity index (χ3v) is 4.21. The molecule has 1 spiro atoms. The molecular formula is C10H10. The van der Waals surface area contributed by atoms with E-state index < -0.39 is 0 Å². The lowest BCUT2D eigenvalue weighted by atomic mass is 9.94. The first-order valence-electron chi connectivity index (χ1n) is 4.29. The maximum Gasteiger partial charge on any atom is -0.000643 e. The van der Waals surface area contributed by atoms with E-state index in [9.17, 15) is 0 Å². The molecule has 2 saturated carbocycles. The van der Waals surface area contributed by atoms with Gasteiger partial charge >= 0.3 is 0 Å². The van der Waals surface area contributed by atoms with E-state index in [-0.39, 0.29) is 0 Å². The molecule has 4 aliphatic rings. The summed E-state index contributed by atoms with van der Waals surface area (Å²) in [5.74, 6) is 3.96. The smallest absolute Gasteiger partial charge is 0.000643 e. The van der Waals surface area contributed by atoms with E-state index in [2.05, 4.69) is 24.3 Å². The lowest BCUT2D eigenvalue weighted by molar-refractivity contribution is 0.484. The predicted octanol–water partition coefficient (Wildman–Crippen LogP) is 1.99. The van der Waals surface area contributed by atoms with Crippen LogP contribution in [0, 0.1) is 29.1 Å². The molecule has 0 nitrogen and oxygen atoms in total. The van der Waals surface area contributed by atoms with Crippen molar-refractivity contribution in [1.82, 2.24) is 0 Å². The van der Waals surface area contributed by atoms with Gasteiger partial charge in [0.1, 0.15) is 0 Å². The molecule has 0 heteroatoms. The van der Waals surface area contributed by atoms with E-state index in [0.717, 1.165) is 29.1 Å². The van der Waals surface area contributed by atoms with Crippen molar-refractivity contribution in [3.63, 3.8) is 0 Å². The molecule has 0 N–H and O–H groups in total. The summed E-state index contributed by atoms with van der Waals surface area (Å²) in [5, 5.41) is 0. The van der Waals surface area contributed by atoms with Gasteiger partial charge in [0.25, 0.3) is 0 Å². The Labute approximate surface area is 60.6 Å². The van der Waals surface area contributed by atoms with E-state index in [0.29, 0.717) is 0 Å². The number of rotatable bonds is 0. The van der Waals surface area contributed by atoms with Crippen molar-refractivity contribution in [1.29, 1.82) is 0 Å². The summed E-state index contributed by atoms with van der Waals surface area (Å²) in [6.07, 6.45) is 11.4. The molecule has 0 amide bonds. The summed E-state index contributed by atoms with van der Waals surface area (Å²) in [6.45, 7) is 0. The van der Waals surface area contributed by atoms with Gasteiger partial charge in [-0.15, -0.1) is 0 Å². The Morgan fingerprint density at radius 3 is 3.00 bits per heavy atom. The van der Waals surface area contributed by atoms with Crippen LogP contribution >= 0.6 is 0 Å². The fourth-order valence-corrected chi connectivity index (χ4v) is 3.80. The van der Waals surface area contributed by atoms with Gasteiger partial charge in [-0.25, -0.2) is 0 Å². The first-order chi connectivity index (χ1) is 4.92. The van der Waals surface area contributed by atoms with Gasteiger partial charge in [0.15, 0.2) is 0 Å². The minimum absolute atomic E-state index is 0.726. The molecule has 2 bridgehead atoms. The Balaban J connectivity index is 2.07. The Hall–Kier alpha value is -0.520. The molecule has 0 heterocycles. The van der Waals surface area contributed by atoms with Crippen molar-refractivity contribution in [3.05, 3.63) is 24.3 Å². The number of hydrogen-bond donors (Lipinski definition) is 0. The monoisotopic (exact) mass is 130 g/mol. The molecule has 0 saturated heterocycles. The molecule has 4 aliphatic carbocycles. The van der Waals surface area contributed by atoms with Crippen molar-refractivity contribution in [3.8, 4) is 0 Å². The Morgan fingerprint density at radius 1 is 1.20 bits per heavy atom. The summed E-state index contributed by atoms with van der Waals surface area (Å²) >= 11 is 0. The molecule has 0 aromatic heterocycles. The highest BCUT2D eigenvalue weighted by molar-refractivity contribution is 5.43. The molecular weight excluding hydrogens is 120 g/mol. The molecule has 0 radical (unpaired) electrons. The average Bonchev–Trinajstić information content (AvgIpc) is 2.32. The highest BCUT2D eigenvalue weighted by Crippen LogP contribution is 2.79. The molecule has 2 fully saturated rings. The average molecular weight is 130 g/mol. The topological polar surface area (TPSA) is 0 Å². The van der Waals surface area contributed by atoms with Gasteiger partial charge in [-0.2, -0.15) is 0 Å². The van der Waals surface area contributed by atoms with E-state index >= 15 is 0 Å². The highest BCUT2D eigenvalue weighted by atomic mass is 14.8. The maximum absolute atomic E-state index is 2.51. The van der Waals surface area contributed by atoms with Crippen LogP contribution in [0.3, 0.4) is 0 Å². The SMILES string of the molecule is C1=CC23CC1C1C=CC2C13. The van der Waals surface area contributed by atoms with Gasteiger partial charge in [0.2, 0.25) is 0 Å². The standard InChI is InChI=1S/C10H10/c1-2-8-9-7(1)6-3-4-10(8,9)5-6/h1-4,6-9H,5H2. The normalized spacial score (nSPS) is 71.2. The molecule has 50 valence electrons. The van der Waals surface area contributed by atoms with Crippen LogP contribution in [0.2, 0.25) is 0 Å². The van der Waals surface area contributed by atoms with Crippen molar-refractivity contribution in [2.24, 2.45) is 29.1 Å². The van der Waals surface area contributed by atoms with Crippen LogP contribution < -0.4 is 0 Å². The number of allylic oxidation sites excluding steroid dienone is 4. The Bertz CT molecular complexity index is 274. The van der Waals surface area contributed by atoms with E-state index in [4.69, 9.17) is 0 Å². The second-order valence-electron chi connectivity index (χ2n) is 4.35. The zero-order valence-corrected chi connectivity index (χ0v) is 5.83. The fourth-order valence-electron chi connectivity index (χ4n) is 3.80. The third-order valence-electron chi connectivity index (χ3n) is 4.21. The van der Waals surface area contributed by atoms with E-state index in [1.165, 1.54) is 6.42 Å². The van der Waals surface area contributed by atoms with Gasteiger partial charge in [-0.3, -0.25) is 0 Å². The zero-order chi connectivity index (χ0) is 6.34. The first-order valence-corrected chi connectivity index (χ1v) is 4.29. The van der Waals surface area contributed by atoms with Crippen molar-refractivity contribution in [2.75, 3.05) is 0 Å². The molecule has 0 aliphatic heterocycles. The zero-order valence-electron chi connectivity index (χ0n) is 5.83. The summed E-state index contributed by atoms with van der Waals surface area (Å²) in [6, 6.07) is 0. The van der Waals surface area contributed by atoms with Crippen molar-refractivity contribution >= 4 is 0 Å². The molecule has 10 heavy (non-hydrogen) atoms. The van der Waals surface area contributed by atoms with Crippen LogP contribution in [0.25, 0.3) is 0 Å². The second kappa shape index (κ2) is 0.939. The van der Waals surface area contributed by atoms with Crippen LogP contribution in [0.5, 0.6) is 0 Å². The van der Waals surface area contributed by atoms with Crippen molar-refractivity contribution in [2.45, 2.75) is 6.42 Å². The summed E-state index contributed by atoms with van der Waals surface area (Å²) < 4.78 is 0. The predicted molar refractivity (Wildman–Crippen MR) is 39.3 cm³/mol. The minimum atomic E-state index is 0.726. The van der Waals surface area contributed by atoms with Gasteiger partial charge < -0.3 is 0 Å². The van der Waals surface area contributed by atoms with E-state index in [1.54, 1.807) is 0 Å². The van der Waals surface area contributed by atoms with Crippen LogP contribution in [-0.4, -0.2) is 0 Å². The summed E-state index contributed by atoms with van der Waals surface area (Å²) in [4.78, 5) is 0. The van der Waals surface area contributed by atoms with E-state index in [1.807, 2.05) is 0 Å². The molecule has 0 aromatic rings. The summed E-state index contributed by atoms with van der Waals surface area (Å²) in [5.41, 5.74) is 0.726.